The second kappa shape index (κ2) is 6.72. The van der Waals surface area contributed by atoms with Crippen LogP contribution in [0, 0.1) is 5.41 Å². The Bertz CT molecular complexity index is 209. The lowest BCUT2D eigenvalue weighted by molar-refractivity contribution is 0.0317. The van der Waals surface area contributed by atoms with Gasteiger partial charge in [-0.1, -0.05) is 27.2 Å². The predicted molar refractivity (Wildman–Crippen MR) is 71.0 cm³/mol. The summed E-state index contributed by atoms with van der Waals surface area (Å²) >= 11 is 0. The van der Waals surface area contributed by atoms with Gasteiger partial charge in [0.2, 0.25) is 0 Å². The standard InChI is InChI=1S/C14H29NO2/c1-14(2,3)13(17)8-10-15(9-5-11-16)12-6-4-7-12/h12-13,16-17H,4-11H2,1-3H3. The van der Waals surface area contributed by atoms with Gasteiger partial charge in [0.25, 0.3) is 0 Å². The van der Waals surface area contributed by atoms with E-state index in [1.54, 1.807) is 0 Å². The third-order valence-corrected chi connectivity index (χ3v) is 3.88. The van der Waals surface area contributed by atoms with E-state index in [-0.39, 0.29) is 18.1 Å². The normalized spacial score (nSPS) is 19.4. The van der Waals surface area contributed by atoms with Crippen LogP contribution in [-0.4, -0.2) is 47.0 Å². The summed E-state index contributed by atoms with van der Waals surface area (Å²) in [6.07, 6.45) is 5.36. The molecule has 17 heavy (non-hydrogen) atoms. The van der Waals surface area contributed by atoms with E-state index in [1.807, 2.05) is 0 Å². The summed E-state index contributed by atoms with van der Waals surface area (Å²) in [5.74, 6) is 0. The Morgan fingerprint density at radius 1 is 1.24 bits per heavy atom. The lowest BCUT2D eigenvalue weighted by Gasteiger charge is -2.39. The molecular formula is C14H29NO2. The Kier molecular flexibility index (Phi) is 5.90. The first-order valence-electron chi connectivity index (χ1n) is 6.98. The minimum absolute atomic E-state index is 0.0255. The second-order valence-electron chi connectivity index (χ2n) is 6.37. The summed E-state index contributed by atoms with van der Waals surface area (Å²) in [7, 11) is 0. The van der Waals surface area contributed by atoms with E-state index in [0.29, 0.717) is 6.04 Å². The smallest absolute Gasteiger partial charge is 0.0600 e. The van der Waals surface area contributed by atoms with Crippen molar-refractivity contribution < 1.29 is 10.2 Å². The zero-order valence-corrected chi connectivity index (χ0v) is 11.7. The van der Waals surface area contributed by atoms with Gasteiger partial charge in [-0.15, -0.1) is 0 Å². The van der Waals surface area contributed by atoms with Gasteiger partial charge < -0.3 is 15.1 Å². The maximum Gasteiger partial charge on any atom is 0.0600 e. The molecule has 1 rings (SSSR count). The van der Waals surface area contributed by atoms with E-state index in [9.17, 15) is 5.11 Å². The van der Waals surface area contributed by atoms with E-state index in [2.05, 4.69) is 25.7 Å². The fourth-order valence-electron chi connectivity index (χ4n) is 2.22. The number of hydrogen-bond donors (Lipinski definition) is 2. The molecule has 1 aliphatic carbocycles. The van der Waals surface area contributed by atoms with Crippen molar-refractivity contribution in [3.8, 4) is 0 Å². The summed E-state index contributed by atoms with van der Waals surface area (Å²) in [5.41, 5.74) is -0.0255. The monoisotopic (exact) mass is 243 g/mol. The van der Waals surface area contributed by atoms with Crippen LogP contribution in [0.25, 0.3) is 0 Å². The van der Waals surface area contributed by atoms with Gasteiger partial charge in [0.15, 0.2) is 0 Å². The summed E-state index contributed by atoms with van der Waals surface area (Å²) in [6.45, 7) is 8.45. The van der Waals surface area contributed by atoms with E-state index in [0.717, 1.165) is 25.9 Å². The van der Waals surface area contributed by atoms with Crippen molar-refractivity contribution in [1.29, 1.82) is 0 Å². The van der Waals surface area contributed by atoms with Crippen molar-refractivity contribution in [2.75, 3.05) is 19.7 Å². The van der Waals surface area contributed by atoms with E-state index in [1.165, 1.54) is 19.3 Å². The Morgan fingerprint density at radius 2 is 1.88 bits per heavy atom. The third kappa shape index (κ3) is 4.94. The Labute approximate surface area is 106 Å². The molecule has 0 aliphatic heterocycles. The summed E-state index contributed by atoms with van der Waals surface area (Å²) in [6, 6.07) is 0.703. The number of rotatable bonds is 7. The Balaban J connectivity index is 2.32. The predicted octanol–water partition coefficient (Wildman–Crippen LogP) is 2.02. The molecule has 3 heteroatoms. The van der Waals surface area contributed by atoms with Gasteiger partial charge in [-0.2, -0.15) is 0 Å². The lowest BCUT2D eigenvalue weighted by Crippen LogP contribution is -2.43. The lowest BCUT2D eigenvalue weighted by atomic mass is 9.86. The minimum Gasteiger partial charge on any atom is -0.396 e. The summed E-state index contributed by atoms with van der Waals surface area (Å²) in [4.78, 5) is 2.45. The average molecular weight is 243 g/mol. The summed E-state index contributed by atoms with van der Waals surface area (Å²) in [5, 5.41) is 19.0. The Hall–Kier alpha value is -0.120. The molecule has 0 aromatic rings. The van der Waals surface area contributed by atoms with Crippen molar-refractivity contribution in [3.63, 3.8) is 0 Å². The topological polar surface area (TPSA) is 43.7 Å². The molecule has 0 radical (unpaired) electrons. The van der Waals surface area contributed by atoms with E-state index >= 15 is 0 Å². The highest BCUT2D eigenvalue weighted by molar-refractivity contribution is 4.82. The molecule has 1 fully saturated rings. The molecule has 1 aliphatic rings. The van der Waals surface area contributed by atoms with Gasteiger partial charge in [-0.25, -0.2) is 0 Å². The van der Waals surface area contributed by atoms with Gasteiger partial charge in [-0.3, -0.25) is 0 Å². The maximum absolute atomic E-state index is 10.1. The Morgan fingerprint density at radius 3 is 2.29 bits per heavy atom. The van der Waals surface area contributed by atoms with Crippen LogP contribution in [0.4, 0.5) is 0 Å². The second-order valence-corrected chi connectivity index (χ2v) is 6.37. The van der Waals surface area contributed by atoms with Crippen LogP contribution in [0.3, 0.4) is 0 Å². The number of hydrogen-bond acceptors (Lipinski definition) is 3. The van der Waals surface area contributed by atoms with Crippen LogP contribution in [-0.2, 0) is 0 Å². The van der Waals surface area contributed by atoms with Crippen LogP contribution in [0.15, 0.2) is 0 Å². The van der Waals surface area contributed by atoms with Crippen LogP contribution in [0.1, 0.15) is 52.9 Å². The number of nitrogens with zero attached hydrogens (tertiary/aromatic N) is 1. The van der Waals surface area contributed by atoms with E-state index in [4.69, 9.17) is 5.11 Å². The van der Waals surface area contributed by atoms with Gasteiger partial charge in [0, 0.05) is 25.7 Å². The van der Waals surface area contributed by atoms with Crippen molar-refractivity contribution >= 4 is 0 Å². The maximum atomic E-state index is 10.1. The zero-order chi connectivity index (χ0) is 12.9. The van der Waals surface area contributed by atoms with Crippen LogP contribution >= 0.6 is 0 Å². The van der Waals surface area contributed by atoms with Gasteiger partial charge in [0.05, 0.1) is 6.10 Å². The zero-order valence-electron chi connectivity index (χ0n) is 11.7. The van der Waals surface area contributed by atoms with Crippen molar-refractivity contribution in [2.24, 2.45) is 5.41 Å². The molecule has 1 unspecified atom stereocenters. The highest BCUT2D eigenvalue weighted by atomic mass is 16.3. The van der Waals surface area contributed by atoms with Crippen molar-refractivity contribution in [1.82, 2.24) is 4.90 Å². The average Bonchev–Trinajstić information content (AvgIpc) is 2.17. The molecule has 2 N–H and O–H groups in total. The quantitative estimate of drug-likeness (QED) is 0.719. The molecule has 0 spiro atoms. The summed E-state index contributed by atoms with van der Waals surface area (Å²) < 4.78 is 0. The third-order valence-electron chi connectivity index (χ3n) is 3.88. The molecule has 0 amide bonds. The SMILES string of the molecule is CC(C)(C)C(O)CCN(CCCO)C1CCC1. The molecule has 0 aromatic heterocycles. The molecule has 0 heterocycles. The number of aliphatic hydroxyl groups excluding tert-OH is 2. The van der Waals surface area contributed by atoms with Crippen LogP contribution in [0.5, 0.6) is 0 Å². The number of aliphatic hydroxyl groups is 2. The molecule has 1 saturated carbocycles. The van der Waals surface area contributed by atoms with Gasteiger partial charge in [0.1, 0.15) is 0 Å². The fourth-order valence-corrected chi connectivity index (χ4v) is 2.22. The molecule has 3 nitrogen and oxygen atoms in total. The van der Waals surface area contributed by atoms with Crippen molar-refractivity contribution in [2.45, 2.75) is 65.0 Å². The minimum atomic E-state index is -0.237. The first-order valence-corrected chi connectivity index (χ1v) is 6.98. The first-order chi connectivity index (χ1) is 7.95. The fraction of sp³-hybridized carbons (Fsp3) is 1.00. The first kappa shape index (κ1) is 14.9. The van der Waals surface area contributed by atoms with Gasteiger partial charge >= 0.3 is 0 Å². The largest absolute Gasteiger partial charge is 0.396 e. The molecule has 0 saturated heterocycles. The molecule has 1 atom stereocenters. The van der Waals surface area contributed by atoms with Crippen LogP contribution < -0.4 is 0 Å². The van der Waals surface area contributed by atoms with Crippen LogP contribution in [0.2, 0.25) is 0 Å². The molecule has 0 bridgehead atoms. The molecule has 0 aromatic carbocycles. The van der Waals surface area contributed by atoms with Gasteiger partial charge in [-0.05, 0) is 31.1 Å². The highest BCUT2D eigenvalue weighted by Crippen LogP contribution is 2.27. The molecular weight excluding hydrogens is 214 g/mol. The van der Waals surface area contributed by atoms with E-state index < -0.39 is 0 Å². The van der Waals surface area contributed by atoms with Crippen molar-refractivity contribution in [3.05, 3.63) is 0 Å². The highest BCUT2D eigenvalue weighted by Gasteiger charge is 2.27. The molecule has 102 valence electrons.